The number of aryl methyl sites for hydroxylation is 1. The number of hydrogen-bond donors (Lipinski definition) is 2. The standard InChI is InChI=1S/C14H15ClN4O/c1-3-16-13-11(15)7-10(8-18-13)14(20)19-12-9(2)5-4-6-17-12/h4-8H,3H2,1-2H3,(H,16,18)(H,17,19,20). The monoisotopic (exact) mass is 290 g/mol. The second-order valence-electron chi connectivity index (χ2n) is 4.21. The van der Waals surface area contributed by atoms with Crippen molar-refractivity contribution in [1.29, 1.82) is 0 Å². The summed E-state index contributed by atoms with van der Waals surface area (Å²) in [5.41, 5.74) is 1.28. The van der Waals surface area contributed by atoms with Gasteiger partial charge < -0.3 is 10.6 Å². The maximum Gasteiger partial charge on any atom is 0.258 e. The molecule has 20 heavy (non-hydrogen) atoms. The Balaban J connectivity index is 2.18. The number of hydrogen-bond acceptors (Lipinski definition) is 4. The molecule has 0 aliphatic carbocycles. The summed E-state index contributed by atoms with van der Waals surface area (Å²) < 4.78 is 0. The molecule has 0 saturated heterocycles. The molecule has 2 aromatic heterocycles. The molecule has 0 aliphatic heterocycles. The summed E-state index contributed by atoms with van der Waals surface area (Å²) in [6.07, 6.45) is 3.11. The third-order valence-corrected chi connectivity index (χ3v) is 2.98. The quantitative estimate of drug-likeness (QED) is 0.908. The number of rotatable bonds is 4. The van der Waals surface area contributed by atoms with Gasteiger partial charge in [-0.15, -0.1) is 0 Å². The van der Waals surface area contributed by atoms with Gasteiger partial charge in [0.1, 0.15) is 11.6 Å². The molecule has 6 heteroatoms. The number of amides is 1. The van der Waals surface area contributed by atoms with Gasteiger partial charge in [0.2, 0.25) is 0 Å². The number of carbonyl (C=O) groups excluding carboxylic acids is 1. The van der Waals surface area contributed by atoms with Crippen molar-refractivity contribution in [3.05, 3.63) is 46.7 Å². The van der Waals surface area contributed by atoms with E-state index in [1.54, 1.807) is 12.3 Å². The molecule has 0 bridgehead atoms. The number of carbonyl (C=O) groups is 1. The third-order valence-electron chi connectivity index (χ3n) is 2.69. The first-order chi connectivity index (χ1) is 9.61. The van der Waals surface area contributed by atoms with Crippen molar-refractivity contribution >= 4 is 29.1 Å². The minimum Gasteiger partial charge on any atom is -0.369 e. The fourth-order valence-corrected chi connectivity index (χ4v) is 1.89. The van der Waals surface area contributed by atoms with Gasteiger partial charge in [0.15, 0.2) is 0 Å². The molecule has 2 heterocycles. The first-order valence-electron chi connectivity index (χ1n) is 6.24. The van der Waals surface area contributed by atoms with Gasteiger partial charge in [-0.2, -0.15) is 0 Å². The average molecular weight is 291 g/mol. The van der Waals surface area contributed by atoms with Crippen LogP contribution in [0, 0.1) is 6.92 Å². The Morgan fingerprint density at radius 1 is 1.35 bits per heavy atom. The Bertz CT molecular complexity index is 630. The lowest BCUT2D eigenvalue weighted by Crippen LogP contribution is -2.14. The van der Waals surface area contributed by atoms with E-state index in [1.807, 2.05) is 26.0 Å². The summed E-state index contributed by atoms with van der Waals surface area (Å²) in [6, 6.07) is 5.27. The van der Waals surface area contributed by atoms with E-state index in [1.165, 1.54) is 6.20 Å². The van der Waals surface area contributed by atoms with E-state index in [4.69, 9.17) is 11.6 Å². The van der Waals surface area contributed by atoms with Crippen LogP contribution in [-0.2, 0) is 0 Å². The van der Waals surface area contributed by atoms with Crippen LogP contribution < -0.4 is 10.6 Å². The highest BCUT2D eigenvalue weighted by atomic mass is 35.5. The number of halogens is 1. The zero-order chi connectivity index (χ0) is 14.5. The maximum absolute atomic E-state index is 12.1. The van der Waals surface area contributed by atoms with Crippen molar-refractivity contribution in [1.82, 2.24) is 9.97 Å². The van der Waals surface area contributed by atoms with Crippen LogP contribution >= 0.6 is 11.6 Å². The smallest absolute Gasteiger partial charge is 0.258 e. The molecule has 2 aromatic rings. The number of nitrogens with zero attached hydrogens (tertiary/aromatic N) is 2. The van der Waals surface area contributed by atoms with Crippen molar-refractivity contribution in [2.45, 2.75) is 13.8 Å². The van der Waals surface area contributed by atoms with Crippen LogP contribution in [0.15, 0.2) is 30.6 Å². The number of aromatic nitrogens is 2. The van der Waals surface area contributed by atoms with Crippen LogP contribution in [0.5, 0.6) is 0 Å². The molecule has 2 N–H and O–H groups in total. The molecule has 0 aromatic carbocycles. The summed E-state index contributed by atoms with van der Waals surface area (Å²) in [5.74, 6) is 0.813. The van der Waals surface area contributed by atoms with Crippen molar-refractivity contribution in [3.8, 4) is 0 Å². The molecular formula is C14H15ClN4O. The predicted molar refractivity (Wildman–Crippen MR) is 80.3 cm³/mol. The Labute approximate surface area is 122 Å². The Morgan fingerprint density at radius 2 is 2.15 bits per heavy atom. The minimum atomic E-state index is -0.288. The topological polar surface area (TPSA) is 66.9 Å². The molecule has 0 radical (unpaired) electrons. The Kier molecular flexibility index (Phi) is 4.53. The zero-order valence-corrected chi connectivity index (χ0v) is 12.0. The lowest BCUT2D eigenvalue weighted by atomic mass is 10.2. The first-order valence-corrected chi connectivity index (χ1v) is 6.62. The van der Waals surface area contributed by atoms with Crippen LogP contribution in [0.3, 0.4) is 0 Å². The van der Waals surface area contributed by atoms with E-state index in [-0.39, 0.29) is 5.91 Å². The molecule has 0 fully saturated rings. The second-order valence-corrected chi connectivity index (χ2v) is 4.61. The number of anilines is 2. The Hall–Kier alpha value is -2.14. The molecule has 0 atom stereocenters. The number of pyridine rings is 2. The molecule has 0 aliphatic rings. The SMILES string of the molecule is CCNc1ncc(C(=O)Nc2ncccc2C)cc1Cl. The molecule has 5 nitrogen and oxygen atoms in total. The Morgan fingerprint density at radius 3 is 2.80 bits per heavy atom. The second kappa shape index (κ2) is 6.34. The summed E-state index contributed by atoms with van der Waals surface area (Å²) in [4.78, 5) is 20.4. The van der Waals surface area contributed by atoms with Gasteiger partial charge in [-0.25, -0.2) is 9.97 Å². The van der Waals surface area contributed by atoms with Gasteiger partial charge in [0.25, 0.3) is 5.91 Å². The van der Waals surface area contributed by atoms with Crippen molar-refractivity contribution in [3.63, 3.8) is 0 Å². The van der Waals surface area contributed by atoms with Gasteiger partial charge in [-0.1, -0.05) is 17.7 Å². The maximum atomic E-state index is 12.1. The lowest BCUT2D eigenvalue weighted by Gasteiger charge is -2.09. The molecule has 0 saturated carbocycles. The fourth-order valence-electron chi connectivity index (χ4n) is 1.66. The van der Waals surface area contributed by atoms with Gasteiger partial charge in [-0.05, 0) is 31.5 Å². The van der Waals surface area contributed by atoms with E-state index in [2.05, 4.69) is 20.6 Å². The number of nitrogens with one attached hydrogen (secondary N) is 2. The van der Waals surface area contributed by atoms with Gasteiger partial charge in [0, 0.05) is 18.9 Å². The molecule has 1 amide bonds. The van der Waals surface area contributed by atoms with Gasteiger partial charge >= 0.3 is 0 Å². The first kappa shape index (κ1) is 14.3. The van der Waals surface area contributed by atoms with E-state index >= 15 is 0 Å². The summed E-state index contributed by atoms with van der Waals surface area (Å²) >= 11 is 6.07. The van der Waals surface area contributed by atoms with E-state index in [0.717, 1.165) is 5.56 Å². The summed E-state index contributed by atoms with van der Waals surface area (Å²) in [6.45, 7) is 4.54. The van der Waals surface area contributed by atoms with Gasteiger partial charge in [-0.3, -0.25) is 4.79 Å². The zero-order valence-electron chi connectivity index (χ0n) is 11.3. The van der Waals surface area contributed by atoms with E-state index < -0.39 is 0 Å². The molecule has 0 unspecified atom stereocenters. The van der Waals surface area contributed by atoms with E-state index in [9.17, 15) is 4.79 Å². The van der Waals surface area contributed by atoms with Crippen LogP contribution in [0.4, 0.5) is 11.6 Å². The summed E-state index contributed by atoms with van der Waals surface area (Å²) in [5, 5.41) is 6.16. The predicted octanol–water partition coefficient (Wildman–Crippen LogP) is 3.12. The van der Waals surface area contributed by atoms with E-state index in [0.29, 0.717) is 28.8 Å². The fraction of sp³-hybridized carbons (Fsp3) is 0.214. The van der Waals surface area contributed by atoms with Crippen LogP contribution in [0.1, 0.15) is 22.8 Å². The molecule has 104 valence electrons. The average Bonchev–Trinajstić information content (AvgIpc) is 2.43. The highest BCUT2D eigenvalue weighted by Crippen LogP contribution is 2.20. The highest BCUT2D eigenvalue weighted by molar-refractivity contribution is 6.33. The highest BCUT2D eigenvalue weighted by Gasteiger charge is 2.11. The normalized spacial score (nSPS) is 10.2. The molecule has 2 rings (SSSR count). The van der Waals surface area contributed by atoms with Crippen molar-refractivity contribution in [2.24, 2.45) is 0 Å². The molecular weight excluding hydrogens is 276 g/mol. The minimum absolute atomic E-state index is 0.288. The van der Waals surface area contributed by atoms with Crippen LogP contribution in [0.2, 0.25) is 5.02 Å². The van der Waals surface area contributed by atoms with Crippen molar-refractivity contribution < 1.29 is 4.79 Å². The van der Waals surface area contributed by atoms with Crippen LogP contribution in [0.25, 0.3) is 0 Å². The van der Waals surface area contributed by atoms with Crippen LogP contribution in [-0.4, -0.2) is 22.4 Å². The van der Waals surface area contributed by atoms with Gasteiger partial charge in [0.05, 0.1) is 10.6 Å². The summed E-state index contributed by atoms with van der Waals surface area (Å²) in [7, 11) is 0. The largest absolute Gasteiger partial charge is 0.369 e. The molecule has 0 spiro atoms. The lowest BCUT2D eigenvalue weighted by molar-refractivity contribution is 0.102. The third kappa shape index (κ3) is 3.24. The van der Waals surface area contributed by atoms with Crippen molar-refractivity contribution in [2.75, 3.05) is 17.2 Å².